The molecule has 0 saturated heterocycles. The van der Waals surface area contributed by atoms with Gasteiger partial charge in [0.05, 0.1) is 20.6 Å². The van der Waals surface area contributed by atoms with E-state index >= 15 is 0 Å². The number of ether oxygens (including phenoxy) is 1. The van der Waals surface area contributed by atoms with Crippen LogP contribution in [0, 0.1) is 0 Å². The zero-order chi connectivity index (χ0) is 15.2. The number of carbonyl (C=O) groups is 1. The molecule has 1 rings (SSSR count). The third-order valence-corrected chi connectivity index (χ3v) is 3.41. The maximum Gasteiger partial charge on any atom is 0.330 e. The van der Waals surface area contributed by atoms with E-state index in [9.17, 15) is 4.79 Å². The minimum absolute atomic E-state index is 0.0399. The maximum atomic E-state index is 11.5. The van der Waals surface area contributed by atoms with Gasteiger partial charge in [0, 0.05) is 11.6 Å². The predicted octanol–water partition coefficient (Wildman–Crippen LogP) is 3.11. The molecule has 0 aliphatic heterocycles. The lowest BCUT2D eigenvalue weighted by Crippen LogP contribution is -2.48. The summed E-state index contributed by atoms with van der Waals surface area (Å²) in [5.74, 6) is -0.392. The van der Waals surface area contributed by atoms with Crippen LogP contribution in [0.15, 0.2) is 55.6 Å². The second-order valence-electron chi connectivity index (χ2n) is 5.45. The Morgan fingerprint density at radius 2 is 1.90 bits per heavy atom. The van der Waals surface area contributed by atoms with E-state index < -0.39 is 5.97 Å². The molecule has 2 unspecified atom stereocenters. The Morgan fingerprint density at radius 3 is 2.40 bits per heavy atom. The Balaban J connectivity index is 3.10. The molecule has 0 spiro atoms. The van der Waals surface area contributed by atoms with Gasteiger partial charge in [-0.05, 0) is 13.0 Å². The quantitative estimate of drug-likeness (QED) is 0.330. The number of hydrogen-bond donors (Lipinski definition) is 0. The van der Waals surface area contributed by atoms with Crippen molar-refractivity contribution >= 4 is 5.97 Å². The lowest BCUT2D eigenvalue weighted by atomic mass is 9.98. The van der Waals surface area contributed by atoms with Gasteiger partial charge in [0.25, 0.3) is 0 Å². The fourth-order valence-electron chi connectivity index (χ4n) is 2.64. The summed E-state index contributed by atoms with van der Waals surface area (Å²) in [4.78, 5) is 11.5. The molecule has 0 saturated carbocycles. The van der Waals surface area contributed by atoms with Crippen LogP contribution < -0.4 is 0 Å². The normalized spacial score (nSPS) is 14.2. The van der Waals surface area contributed by atoms with Gasteiger partial charge in [0.1, 0.15) is 0 Å². The van der Waals surface area contributed by atoms with Crippen LogP contribution in [0.1, 0.15) is 18.5 Å². The highest BCUT2D eigenvalue weighted by Crippen LogP contribution is 2.30. The van der Waals surface area contributed by atoms with E-state index in [1.54, 1.807) is 0 Å². The lowest BCUT2D eigenvalue weighted by Gasteiger charge is -2.40. The molecule has 2 atom stereocenters. The molecule has 0 aromatic heterocycles. The molecule has 0 radical (unpaired) electrons. The molecule has 3 heteroatoms. The smallest absolute Gasteiger partial charge is 0.330 e. The van der Waals surface area contributed by atoms with Gasteiger partial charge < -0.3 is 9.22 Å². The predicted molar refractivity (Wildman–Crippen MR) is 82.1 cm³/mol. The van der Waals surface area contributed by atoms with Crippen LogP contribution in [0.2, 0.25) is 0 Å². The average molecular weight is 274 g/mol. The van der Waals surface area contributed by atoms with Gasteiger partial charge >= 0.3 is 5.97 Å². The molecule has 0 fully saturated rings. The number of carbonyl (C=O) groups excluding carboxylic acids is 1. The number of quaternary nitrogens is 1. The highest BCUT2D eigenvalue weighted by molar-refractivity contribution is 5.81. The van der Waals surface area contributed by atoms with Crippen molar-refractivity contribution < 1.29 is 14.0 Å². The fraction of sp³-hybridized carbons (Fsp3) is 0.353. The molecule has 0 aliphatic rings. The van der Waals surface area contributed by atoms with Gasteiger partial charge in [-0.25, -0.2) is 4.79 Å². The van der Waals surface area contributed by atoms with Crippen molar-refractivity contribution in [3.05, 3.63) is 61.2 Å². The van der Waals surface area contributed by atoms with Gasteiger partial charge in [0.2, 0.25) is 0 Å². The van der Waals surface area contributed by atoms with Gasteiger partial charge in [-0.15, -0.1) is 0 Å². The van der Waals surface area contributed by atoms with Crippen LogP contribution in [0.4, 0.5) is 0 Å². The third kappa shape index (κ3) is 4.07. The minimum Gasteiger partial charge on any atom is -0.453 e. The van der Waals surface area contributed by atoms with Gasteiger partial charge in [0.15, 0.2) is 12.1 Å². The van der Waals surface area contributed by atoms with E-state index in [4.69, 9.17) is 4.74 Å². The molecule has 3 nitrogen and oxygen atoms in total. The Hall–Kier alpha value is -1.87. The van der Waals surface area contributed by atoms with Crippen molar-refractivity contribution in [1.29, 1.82) is 0 Å². The van der Waals surface area contributed by atoms with Crippen molar-refractivity contribution in [2.24, 2.45) is 0 Å². The van der Waals surface area contributed by atoms with E-state index in [0.29, 0.717) is 4.48 Å². The standard InChI is InChI=1S/C17H24NO2/c1-6-13-18(4,5)17(14(3)20-16(19)7-2)15-11-9-8-10-12-15/h6-12,14,17H,1-2,13H2,3-5H3/q+1. The Kier molecular flexibility index (Phi) is 5.71. The highest BCUT2D eigenvalue weighted by Gasteiger charge is 2.35. The summed E-state index contributed by atoms with van der Waals surface area (Å²) >= 11 is 0. The first kappa shape index (κ1) is 16.2. The average Bonchev–Trinajstić information content (AvgIpc) is 2.39. The Morgan fingerprint density at radius 1 is 1.30 bits per heavy atom. The minimum atomic E-state index is -0.392. The van der Waals surface area contributed by atoms with Crippen LogP contribution in [0.3, 0.4) is 0 Å². The van der Waals surface area contributed by atoms with Crippen molar-refractivity contribution in [1.82, 2.24) is 0 Å². The molecule has 0 N–H and O–H groups in total. The fourth-order valence-corrected chi connectivity index (χ4v) is 2.64. The van der Waals surface area contributed by atoms with Crippen LogP contribution in [0.5, 0.6) is 0 Å². The molecule has 0 aliphatic carbocycles. The van der Waals surface area contributed by atoms with Crippen LogP contribution in [-0.2, 0) is 9.53 Å². The largest absolute Gasteiger partial charge is 0.453 e. The monoisotopic (exact) mass is 274 g/mol. The molecule has 0 heterocycles. The van der Waals surface area contributed by atoms with Crippen LogP contribution in [0.25, 0.3) is 0 Å². The van der Waals surface area contributed by atoms with Crippen LogP contribution >= 0.6 is 0 Å². The van der Waals surface area contributed by atoms with Gasteiger partial charge in [-0.2, -0.15) is 0 Å². The summed E-state index contributed by atoms with van der Waals surface area (Å²) in [7, 11) is 4.22. The van der Waals surface area contributed by atoms with Crippen LogP contribution in [-0.4, -0.2) is 37.2 Å². The van der Waals surface area contributed by atoms with E-state index in [1.165, 1.54) is 6.08 Å². The SMILES string of the molecule is C=CC[N+](C)(C)C(c1ccccc1)C(C)OC(=O)C=C. The zero-order valence-corrected chi connectivity index (χ0v) is 12.6. The van der Waals surface area contributed by atoms with E-state index in [1.807, 2.05) is 31.2 Å². The first-order valence-electron chi connectivity index (χ1n) is 6.74. The van der Waals surface area contributed by atoms with Crippen molar-refractivity contribution in [3.63, 3.8) is 0 Å². The lowest BCUT2D eigenvalue weighted by molar-refractivity contribution is -0.919. The molecule has 1 aromatic carbocycles. The third-order valence-electron chi connectivity index (χ3n) is 3.41. The number of benzene rings is 1. The number of rotatable bonds is 7. The number of hydrogen-bond acceptors (Lipinski definition) is 2. The molecule has 0 bridgehead atoms. The summed E-state index contributed by atoms with van der Waals surface area (Å²) in [6, 6.07) is 10.1. The first-order valence-corrected chi connectivity index (χ1v) is 6.74. The van der Waals surface area contributed by atoms with E-state index in [0.717, 1.165) is 12.1 Å². The van der Waals surface area contributed by atoms with Gasteiger partial charge in [-0.3, -0.25) is 0 Å². The van der Waals surface area contributed by atoms with E-state index in [2.05, 4.69) is 39.4 Å². The highest BCUT2D eigenvalue weighted by atomic mass is 16.5. The zero-order valence-electron chi connectivity index (χ0n) is 12.6. The van der Waals surface area contributed by atoms with E-state index in [-0.39, 0.29) is 12.1 Å². The summed E-state index contributed by atoms with van der Waals surface area (Å²) in [5.41, 5.74) is 1.14. The summed E-state index contributed by atoms with van der Waals surface area (Å²) in [5, 5.41) is 0. The number of esters is 1. The molecule has 1 aromatic rings. The number of likely N-dealkylation sites (N-methyl/N-ethyl adjacent to an activating group) is 1. The van der Waals surface area contributed by atoms with Crippen molar-refractivity contribution in [2.45, 2.75) is 19.1 Å². The Bertz CT molecular complexity index is 465. The second-order valence-corrected chi connectivity index (χ2v) is 5.45. The molecule has 20 heavy (non-hydrogen) atoms. The first-order chi connectivity index (χ1) is 9.42. The molecule has 108 valence electrons. The maximum absolute atomic E-state index is 11.5. The topological polar surface area (TPSA) is 26.3 Å². The van der Waals surface area contributed by atoms with Gasteiger partial charge in [-0.1, -0.05) is 43.5 Å². The molecule has 0 amide bonds. The second kappa shape index (κ2) is 7.06. The molecular weight excluding hydrogens is 250 g/mol. The van der Waals surface area contributed by atoms with Crippen molar-refractivity contribution in [3.8, 4) is 0 Å². The summed E-state index contributed by atoms with van der Waals surface area (Å²) in [6.07, 6.45) is 2.84. The Labute approximate surface area is 121 Å². The van der Waals surface area contributed by atoms with Crippen molar-refractivity contribution in [2.75, 3.05) is 20.6 Å². The molecular formula is C17H24NO2+. The summed E-state index contributed by atoms with van der Waals surface area (Å²) < 4.78 is 6.11. The number of nitrogens with zero attached hydrogens (tertiary/aromatic N) is 1. The summed E-state index contributed by atoms with van der Waals surface area (Å²) in [6.45, 7) is 9.97.